The molecule has 2 amide bonds. The Morgan fingerprint density at radius 2 is 1.88 bits per heavy atom. The van der Waals surface area contributed by atoms with E-state index >= 15 is 0 Å². The minimum Gasteiger partial charge on any atom is -0.479 e. The number of rotatable bonds is 5. The van der Waals surface area contributed by atoms with Crippen LogP contribution < -0.4 is 15.4 Å². The first-order chi connectivity index (χ1) is 12.0. The molecule has 25 heavy (non-hydrogen) atoms. The van der Waals surface area contributed by atoms with Crippen molar-refractivity contribution in [3.8, 4) is 5.75 Å². The Morgan fingerprint density at radius 3 is 2.60 bits per heavy atom. The average molecular weight is 338 g/mol. The molecule has 0 bridgehead atoms. The van der Waals surface area contributed by atoms with Gasteiger partial charge in [0.05, 0.1) is 5.69 Å². The summed E-state index contributed by atoms with van der Waals surface area (Å²) in [6.45, 7) is 3.82. The van der Waals surface area contributed by atoms with Crippen molar-refractivity contribution in [2.75, 3.05) is 10.6 Å². The molecule has 0 saturated carbocycles. The van der Waals surface area contributed by atoms with Crippen molar-refractivity contribution in [1.82, 2.24) is 0 Å². The number of amides is 2. The van der Waals surface area contributed by atoms with E-state index in [0.29, 0.717) is 30.0 Å². The van der Waals surface area contributed by atoms with Gasteiger partial charge in [0.25, 0.3) is 5.91 Å². The third-order valence-corrected chi connectivity index (χ3v) is 4.27. The smallest absolute Gasteiger partial charge is 0.265 e. The molecule has 0 radical (unpaired) electrons. The first-order valence-corrected chi connectivity index (χ1v) is 8.54. The number of carbonyl (C=O) groups excluding carboxylic acids is 2. The summed E-state index contributed by atoms with van der Waals surface area (Å²) in [7, 11) is 0. The lowest BCUT2D eigenvalue weighted by Gasteiger charge is -2.23. The van der Waals surface area contributed by atoms with E-state index in [9.17, 15) is 9.59 Å². The summed E-state index contributed by atoms with van der Waals surface area (Å²) < 4.78 is 5.50. The molecule has 1 aliphatic rings. The van der Waals surface area contributed by atoms with Gasteiger partial charge >= 0.3 is 0 Å². The van der Waals surface area contributed by atoms with Crippen molar-refractivity contribution in [1.29, 1.82) is 0 Å². The minimum atomic E-state index is -0.507. The van der Waals surface area contributed by atoms with Crippen molar-refractivity contribution in [2.24, 2.45) is 0 Å². The van der Waals surface area contributed by atoms with Gasteiger partial charge in [-0.25, -0.2) is 0 Å². The molecule has 3 rings (SSSR count). The predicted octanol–water partition coefficient (Wildman–Crippen LogP) is 3.54. The Hall–Kier alpha value is -2.82. The molecule has 1 heterocycles. The first-order valence-electron chi connectivity index (χ1n) is 8.54. The second-order valence-electron chi connectivity index (χ2n) is 6.18. The highest BCUT2D eigenvalue weighted by Crippen LogP contribution is 2.32. The summed E-state index contributed by atoms with van der Waals surface area (Å²) >= 11 is 0. The van der Waals surface area contributed by atoms with Crippen LogP contribution in [0.5, 0.6) is 5.75 Å². The molecular formula is C20H22N2O3. The van der Waals surface area contributed by atoms with Crippen molar-refractivity contribution >= 4 is 23.2 Å². The van der Waals surface area contributed by atoms with Gasteiger partial charge in [0, 0.05) is 12.1 Å². The van der Waals surface area contributed by atoms with Crippen LogP contribution in [0.3, 0.4) is 0 Å². The Labute approximate surface area is 147 Å². The molecule has 0 aromatic heterocycles. The van der Waals surface area contributed by atoms with E-state index in [4.69, 9.17) is 4.74 Å². The van der Waals surface area contributed by atoms with Gasteiger partial charge < -0.3 is 15.4 Å². The standard InChI is InChI=1S/C20H22N2O3/c1-3-14-4-6-15(7-5-14)8-11-19(23)21-16-9-10-18-17(12-16)22-20(24)13(2)25-18/h4-7,9-10,12-13H,3,8,11H2,1-2H3,(H,21,23)(H,22,24). The average Bonchev–Trinajstić information content (AvgIpc) is 2.61. The van der Waals surface area contributed by atoms with Gasteiger partial charge in [-0.15, -0.1) is 0 Å². The molecule has 1 unspecified atom stereocenters. The third kappa shape index (κ3) is 4.18. The summed E-state index contributed by atoms with van der Waals surface area (Å²) in [6, 6.07) is 13.6. The van der Waals surface area contributed by atoms with Crippen molar-refractivity contribution in [2.45, 2.75) is 39.2 Å². The van der Waals surface area contributed by atoms with Gasteiger partial charge in [0.1, 0.15) is 5.75 Å². The van der Waals surface area contributed by atoms with E-state index in [-0.39, 0.29) is 11.8 Å². The van der Waals surface area contributed by atoms with Crippen LogP contribution >= 0.6 is 0 Å². The molecule has 5 nitrogen and oxygen atoms in total. The number of ether oxygens (including phenoxy) is 1. The van der Waals surface area contributed by atoms with E-state index in [1.807, 2.05) is 0 Å². The predicted molar refractivity (Wildman–Crippen MR) is 97.9 cm³/mol. The summed E-state index contributed by atoms with van der Waals surface area (Å²) in [4.78, 5) is 23.8. The Balaban J connectivity index is 1.57. The number of fused-ring (bicyclic) bond motifs is 1. The monoisotopic (exact) mass is 338 g/mol. The molecule has 0 fully saturated rings. The summed E-state index contributed by atoms with van der Waals surface area (Å²) in [5, 5.41) is 5.64. The fraction of sp³-hybridized carbons (Fsp3) is 0.300. The zero-order valence-corrected chi connectivity index (χ0v) is 14.5. The Bertz CT molecular complexity index is 784. The van der Waals surface area contributed by atoms with Crippen LogP contribution in [0.15, 0.2) is 42.5 Å². The van der Waals surface area contributed by atoms with E-state index in [0.717, 1.165) is 12.0 Å². The second kappa shape index (κ2) is 7.38. The first kappa shape index (κ1) is 17.0. The molecule has 0 saturated heterocycles. The zero-order chi connectivity index (χ0) is 17.8. The summed E-state index contributed by atoms with van der Waals surface area (Å²) in [5.41, 5.74) is 3.66. The fourth-order valence-electron chi connectivity index (χ4n) is 2.71. The van der Waals surface area contributed by atoms with Gasteiger partial charge in [-0.1, -0.05) is 31.2 Å². The highest BCUT2D eigenvalue weighted by atomic mass is 16.5. The van der Waals surface area contributed by atoms with Crippen LogP contribution in [0.4, 0.5) is 11.4 Å². The second-order valence-corrected chi connectivity index (χ2v) is 6.18. The lowest BCUT2D eigenvalue weighted by Crippen LogP contribution is -2.34. The minimum absolute atomic E-state index is 0.0593. The van der Waals surface area contributed by atoms with Gasteiger partial charge in [-0.3, -0.25) is 9.59 Å². The normalized spacial score (nSPS) is 15.8. The van der Waals surface area contributed by atoms with Crippen molar-refractivity contribution in [3.63, 3.8) is 0 Å². The van der Waals surface area contributed by atoms with Gasteiger partial charge in [0.2, 0.25) is 5.91 Å². The Morgan fingerprint density at radius 1 is 1.16 bits per heavy atom. The number of aryl methyl sites for hydroxylation is 2. The zero-order valence-electron chi connectivity index (χ0n) is 14.5. The van der Waals surface area contributed by atoms with Crippen LogP contribution in [0, 0.1) is 0 Å². The van der Waals surface area contributed by atoms with Gasteiger partial charge in [0.15, 0.2) is 6.10 Å². The molecule has 2 aromatic rings. The maximum atomic E-state index is 12.2. The highest BCUT2D eigenvalue weighted by molar-refractivity contribution is 5.99. The molecule has 5 heteroatoms. The van der Waals surface area contributed by atoms with E-state index < -0.39 is 6.10 Å². The van der Waals surface area contributed by atoms with Crippen LogP contribution in [-0.2, 0) is 22.4 Å². The number of carbonyl (C=O) groups is 2. The van der Waals surface area contributed by atoms with Crippen LogP contribution in [0.25, 0.3) is 0 Å². The van der Waals surface area contributed by atoms with Crippen LogP contribution in [0.1, 0.15) is 31.4 Å². The maximum absolute atomic E-state index is 12.2. The number of nitrogens with one attached hydrogen (secondary N) is 2. The number of hydrogen-bond acceptors (Lipinski definition) is 3. The molecule has 2 N–H and O–H groups in total. The molecule has 0 aliphatic carbocycles. The lowest BCUT2D eigenvalue weighted by atomic mass is 10.1. The lowest BCUT2D eigenvalue weighted by molar-refractivity contribution is -0.122. The van der Waals surface area contributed by atoms with Crippen molar-refractivity contribution < 1.29 is 14.3 Å². The molecule has 1 atom stereocenters. The van der Waals surface area contributed by atoms with Crippen LogP contribution in [-0.4, -0.2) is 17.9 Å². The molecule has 2 aromatic carbocycles. The fourth-order valence-corrected chi connectivity index (χ4v) is 2.71. The maximum Gasteiger partial charge on any atom is 0.265 e. The quantitative estimate of drug-likeness (QED) is 0.876. The number of anilines is 2. The summed E-state index contributed by atoms with van der Waals surface area (Å²) in [6.07, 6.45) is 1.60. The SMILES string of the molecule is CCc1ccc(CCC(=O)Nc2ccc3c(c2)NC(=O)C(C)O3)cc1. The Kier molecular flexibility index (Phi) is 5.03. The molecule has 1 aliphatic heterocycles. The topological polar surface area (TPSA) is 67.4 Å². The molecule has 130 valence electrons. The van der Waals surface area contributed by atoms with Crippen molar-refractivity contribution in [3.05, 3.63) is 53.6 Å². The van der Waals surface area contributed by atoms with E-state index in [2.05, 4.69) is 41.8 Å². The highest BCUT2D eigenvalue weighted by Gasteiger charge is 2.23. The summed E-state index contributed by atoms with van der Waals surface area (Å²) in [5.74, 6) is 0.364. The van der Waals surface area contributed by atoms with E-state index in [1.54, 1.807) is 25.1 Å². The van der Waals surface area contributed by atoms with Gasteiger partial charge in [-0.2, -0.15) is 0 Å². The molecule has 0 spiro atoms. The van der Waals surface area contributed by atoms with E-state index in [1.165, 1.54) is 5.56 Å². The third-order valence-electron chi connectivity index (χ3n) is 4.27. The van der Waals surface area contributed by atoms with Crippen LogP contribution in [0.2, 0.25) is 0 Å². The number of hydrogen-bond donors (Lipinski definition) is 2. The largest absolute Gasteiger partial charge is 0.479 e. The van der Waals surface area contributed by atoms with Gasteiger partial charge in [-0.05, 0) is 49.1 Å². The molecular weight excluding hydrogens is 316 g/mol. The number of benzene rings is 2.